The predicted octanol–water partition coefficient (Wildman–Crippen LogP) is 1.02. The van der Waals surface area contributed by atoms with Crippen LogP contribution in [0.1, 0.15) is 26.2 Å². The number of rotatable bonds is 1. The lowest BCUT2D eigenvalue weighted by molar-refractivity contribution is -0.509. The highest BCUT2D eigenvalue weighted by molar-refractivity contribution is 5.83. The summed E-state index contributed by atoms with van der Waals surface area (Å²) >= 11 is 0. The Labute approximate surface area is 64.7 Å². The van der Waals surface area contributed by atoms with E-state index >= 15 is 0 Å². The van der Waals surface area contributed by atoms with Crippen molar-refractivity contribution in [1.29, 1.82) is 0 Å². The lowest BCUT2D eigenvalue weighted by Gasteiger charge is -2.18. The Balaban J connectivity index is 2.58. The summed E-state index contributed by atoms with van der Waals surface area (Å²) in [5.41, 5.74) is 0. The molecular weight excluding hydrogens is 146 g/mol. The van der Waals surface area contributed by atoms with Crippen LogP contribution in [0.3, 0.4) is 0 Å². The van der Waals surface area contributed by atoms with Crippen LogP contribution in [0.5, 0.6) is 0 Å². The van der Waals surface area contributed by atoms with Crippen LogP contribution in [0.2, 0.25) is 0 Å². The van der Waals surface area contributed by atoms with E-state index in [1.165, 1.54) is 0 Å². The van der Waals surface area contributed by atoms with Crippen molar-refractivity contribution in [3.8, 4) is 0 Å². The van der Waals surface area contributed by atoms with Gasteiger partial charge in [-0.3, -0.25) is 14.9 Å². The van der Waals surface area contributed by atoms with E-state index in [-0.39, 0.29) is 5.78 Å². The van der Waals surface area contributed by atoms with Crippen LogP contribution in [0.15, 0.2) is 0 Å². The van der Waals surface area contributed by atoms with Crippen LogP contribution >= 0.6 is 0 Å². The van der Waals surface area contributed by atoms with E-state index in [4.69, 9.17) is 0 Å². The van der Waals surface area contributed by atoms with Gasteiger partial charge in [0, 0.05) is 17.8 Å². The van der Waals surface area contributed by atoms with Gasteiger partial charge in [-0.2, -0.15) is 0 Å². The summed E-state index contributed by atoms with van der Waals surface area (Å²) in [6.07, 6.45) is 1.61. The second-order valence-electron chi connectivity index (χ2n) is 3.15. The molecule has 0 aromatic heterocycles. The maximum atomic E-state index is 11.0. The molecule has 0 radical (unpaired) electrons. The third-order valence-electron chi connectivity index (χ3n) is 2.11. The third kappa shape index (κ3) is 1.76. The average Bonchev–Trinajstić information content (AvgIpc) is 1.85. The van der Waals surface area contributed by atoms with Crippen LogP contribution < -0.4 is 0 Å². The first kappa shape index (κ1) is 8.17. The summed E-state index contributed by atoms with van der Waals surface area (Å²) < 4.78 is 0. The van der Waals surface area contributed by atoms with Crippen molar-refractivity contribution >= 4 is 5.78 Å². The molecule has 62 valence electrons. The molecule has 1 aliphatic carbocycles. The summed E-state index contributed by atoms with van der Waals surface area (Å²) in [6, 6.07) is -0.911. The van der Waals surface area contributed by atoms with Crippen LogP contribution in [0.4, 0.5) is 0 Å². The minimum Gasteiger partial charge on any atom is -0.292 e. The van der Waals surface area contributed by atoms with Gasteiger partial charge in [0.1, 0.15) is 0 Å². The molecule has 1 rings (SSSR count). The van der Waals surface area contributed by atoms with Gasteiger partial charge in [0.2, 0.25) is 5.78 Å². The van der Waals surface area contributed by atoms with E-state index in [1.807, 2.05) is 6.92 Å². The molecule has 2 atom stereocenters. The SMILES string of the molecule is C[C@H]1CC[C@H]([N+](=O)[O-])C(=O)C1. The van der Waals surface area contributed by atoms with Gasteiger partial charge < -0.3 is 0 Å². The standard InChI is InChI=1S/C7H11NO3/c1-5-2-3-6(8(10)11)7(9)4-5/h5-6H,2-4H2,1H3/t5-,6-/m0/s1. The van der Waals surface area contributed by atoms with E-state index in [0.29, 0.717) is 18.8 Å². The smallest absolute Gasteiger partial charge is 0.270 e. The number of hydrogen-bond acceptors (Lipinski definition) is 3. The molecule has 1 aliphatic rings. The number of nitrogens with zero attached hydrogens (tertiary/aromatic N) is 1. The second kappa shape index (κ2) is 2.98. The predicted molar refractivity (Wildman–Crippen MR) is 38.8 cm³/mol. The van der Waals surface area contributed by atoms with E-state index in [1.54, 1.807) is 0 Å². The van der Waals surface area contributed by atoms with Crippen molar-refractivity contribution in [3.05, 3.63) is 10.1 Å². The lowest BCUT2D eigenvalue weighted by atomic mass is 9.87. The van der Waals surface area contributed by atoms with Gasteiger partial charge in [-0.1, -0.05) is 6.92 Å². The molecule has 4 heteroatoms. The monoisotopic (exact) mass is 157 g/mol. The van der Waals surface area contributed by atoms with Crippen LogP contribution in [0, 0.1) is 16.0 Å². The molecule has 0 aliphatic heterocycles. The summed E-state index contributed by atoms with van der Waals surface area (Å²) in [5, 5.41) is 10.3. The highest BCUT2D eigenvalue weighted by atomic mass is 16.6. The van der Waals surface area contributed by atoms with Gasteiger partial charge in [-0.15, -0.1) is 0 Å². The van der Waals surface area contributed by atoms with Crippen LogP contribution in [-0.4, -0.2) is 16.7 Å². The quantitative estimate of drug-likeness (QED) is 0.421. The maximum absolute atomic E-state index is 11.0. The van der Waals surface area contributed by atoms with Crippen molar-refractivity contribution < 1.29 is 9.72 Å². The van der Waals surface area contributed by atoms with Gasteiger partial charge >= 0.3 is 0 Å². The van der Waals surface area contributed by atoms with E-state index < -0.39 is 11.0 Å². The van der Waals surface area contributed by atoms with Crippen molar-refractivity contribution in [3.63, 3.8) is 0 Å². The van der Waals surface area contributed by atoms with Crippen LogP contribution in [0.25, 0.3) is 0 Å². The zero-order valence-corrected chi connectivity index (χ0v) is 6.45. The van der Waals surface area contributed by atoms with Crippen molar-refractivity contribution in [2.24, 2.45) is 5.92 Å². The number of hydrogen-bond donors (Lipinski definition) is 0. The Morgan fingerprint density at radius 3 is 2.64 bits per heavy atom. The first-order valence-corrected chi connectivity index (χ1v) is 3.77. The zero-order valence-electron chi connectivity index (χ0n) is 6.45. The van der Waals surface area contributed by atoms with Gasteiger partial charge in [0.25, 0.3) is 6.04 Å². The number of ketones is 1. The fourth-order valence-corrected chi connectivity index (χ4v) is 1.41. The number of carbonyl (C=O) groups excluding carboxylic acids is 1. The minimum absolute atomic E-state index is 0.200. The van der Waals surface area contributed by atoms with Gasteiger partial charge in [-0.05, 0) is 12.3 Å². The topological polar surface area (TPSA) is 60.2 Å². The molecule has 4 nitrogen and oxygen atoms in total. The van der Waals surface area contributed by atoms with E-state index in [2.05, 4.69) is 0 Å². The largest absolute Gasteiger partial charge is 0.292 e. The zero-order chi connectivity index (χ0) is 8.43. The molecule has 0 aromatic carbocycles. The van der Waals surface area contributed by atoms with E-state index in [0.717, 1.165) is 6.42 Å². The molecule has 0 N–H and O–H groups in total. The summed E-state index contributed by atoms with van der Waals surface area (Å²) in [4.78, 5) is 20.8. The molecule has 1 fully saturated rings. The van der Waals surface area contributed by atoms with Crippen molar-refractivity contribution in [2.75, 3.05) is 0 Å². The Kier molecular flexibility index (Phi) is 2.22. The fourth-order valence-electron chi connectivity index (χ4n) is 1.41. The number of Topliss-reactive ketones (excluding diaryl/α,β-unsaturated/α-hetero) is 1. The molecule has 0 amide bonds. The normalized spacial score (nSPS) is 31.9. The van der Waals surface area contributed by atoms with E-state index in [9.17, 15) is 14.9 Å². The molecular formula is C7H11NO3. The Bertz CT molecular complexity index is 190. The summed E-state index contributed by atoms with van der Waals surface area (Å²) in [5.74, 6) is 0.132. The average molecular weight is 157 g/mol. The molecule has 1 saturated carbocycles. The molecule has 0 spiro atoms. The molecule has 11 heavy (non-hydrogen) atoms. The van der Waals surface area contributed by atoms with Gasteiger partial charge in [0.05, 0.1) is 0 Å². The first-order chi connectivity index (χ1) is 5.11. The minimum atomic E-state index is -0.911. The molecule has 0 heterocycles. The first-order valence-electron chi connectivity index (χ1n) is 3.77. The number of nitro groups is 1. The second-order valence-corrected chi connectivity index (χ2v) is 3.15. The van der Waals surface area contributed by atoms with Crippen molar-refractivity contribution in [2.45, 2.75) is 32.2 Å². The highest BCUT2D eigenvalue weighted by Crippen LogP contribution is 2.22. The molecule has 0 unspecified atom stereocenters. The van der Waals surface area contributed by atoms with Crippen molar-refractivity contribution in [1.82, 2.24) is 0 Å². The third-order valence-corrected chi connectivity index (χ3v) is 2.11. The van der Waals surface area contributed by atoms with Gasteiger partial charge in [-0.25, -0.2) is 0 Å². The van der Waals surface area contributed by atoms with Crippen LogP contribution in [-0.2, 0) is 4.79 Å². The van der Waals surface area contributed by atoms with Gasteiger partial charge in [0.15, 0.2) is 0 Å². The number of carbonyl (C=O) groups is 1. The fraction of sp³-hybridized carbons (Fsp3) is 0.857. The Morgan fingerprint density at radius 2 is 2.18 bits per heavy atom. The lowest BCUT2D eigenvalue weighted by Crippen LogP contribution is -2.34. The molecule has 0 bridgehead atoms. The summed E-state index contributed by atoms with van der Waals surface area (Å²) in [6.45, 7) is 1.95. The summed E-state index contributed by atoms with van der Waals surface area (Å²) in [7, 11) is 0. The highest BCUT2D eigenvalue weighted by Gasteiger charge is 2.34. The molecule has 0 aromatic rings. The Hall–Kier alpha value is -0.930. The maximum Gasteiger partial charge on any atom is 0.270 e. The molecule has 0 saturated heterocycles. The Morgan fingerprint density at radius 1 is 1.55 bits per heavy atom.